The number of pyridine rings is 1. The van der Waals surface area contributed by atoms with Crippen LogP contribution in [-0.2, 0) is 19.5 Å². The van der Waals surface area contributed by atoms with Gasteiger partial charge in [0, 0.05) is 50.7 Å². The molecule has 0 amide bonds. The number of fused-ring (bicyclic) bond motifs is 2. The van der Waals surface area contributed by atoms with E-state index in [1.165, 1.54) is 10.1 Å². The molecule has 2 N–H and O–H groups in total. The summed E-state index contributed by atoms with van der Waals surface area (Å²) < 4.78 is 1.52. The Hall–Kier alpha value is -5.02. The van der Waals surface area contributed by atoms with Gasteiger partial charge in [-0.1, -0.05) is 49.4 Å². The summed E-state index contributed by atoms with van der Waals surface area (Å²) in [4.78, 5) is 45.5. The predicted octanol–water partition coefficient (Wildman–Crippen LogP) is 4.56. The Morgan fingerprint density at radius 2 is 1.60 bits per heavy atom. The number of aromatic amines is 2. The Morgan fingerprint density at radius 3 is 2.37 bits per heavy atom. The average molecular weight is 572 g/mol. The molecule has 3 aromatic heterocycles. The molecule has 43 heavy (non-hydrogen) atoms. The van der Waals surface area contributed by atoms with Crippen molar-refractivity contribution < 1.29 is 0 Å². The minimum absolute atomic E-state index is 0.295. The lowest BCUT2D eigenvalue weighted by atomic mass is 10.1. The highest BCUT2D eigenvalue weighted by Crippen LogP contribution is 2.29. The quantitative estimate of drug-likeness (QED) is 0.273. The van der Waals surface area contributed by atoms with Crippen LogP contribution in [0.3, 0.4) is 0 Å². The van der Waals surface area contributed by atoms with Gasteiger partial charge in [0.1, 0.15) is 11.3 Å². The van der Waals surface area contributed by atoms with Crippen LogP contribution in [0.4, 0.5) is 5.69 Å². The smallest absolute Gasteiger partial charge is 0.317 e. The van der Waals surface area contributed by atoms with E-state index in [0.717, 1.165) is 78.4 Å². The number of H-pyrrole nitrogens is 2. The molecular weight excluding hydrogens is 538 g/mol. The third-order valence-electron chi connectivity index (χ3n) is 8.35. The van der Waals surface area contributed by atoms with E-state index >= 15 is 0 Å². The van der Waals surface area contributed by atoms with Crippen LogP contribution in [0.15, 0.2) is 94.8 Å². The maximum atomic E-state index is 12.7. The van der Waals surface area contributed by atoms with Crippen LogP contribution in [0.25, 0.3) is 33.5 Å². The van der Waals surface area contributed by atoms with E-state index in [1.807, 2.05) is 30.3 Å². The molecule has 1 aliphatic rings. The van der Waals surface area contributed by atoms with Crippen molar-refractivity contribution in [2.24, 2.45) is 0 Å². The van der Waals surface area contributed by atoms with E-state index in [-0.39, 0.29) is 0 Å². The van der Waals surface area contributed by atoms with E-state index in [0.29, 0.717) is 17.6 Å². The Kier molecular flexibility index (Phi) is 7.08. The molecular formula is C34H33N7O2. The molecule has 0 aliphatic carbocycles. The van der Waals surface area contributed by atoms with Crippen LogP contribution in [0.2, 0.25) is 0 Å². The second-order valence-electron chi connectivity index (χ2n) is 11.1. The van der Waals surface area contributed by atoms with Crippen LogP contribution < -0.4 is 16.0 Å². The van der Waals surface area contributed by atoms with Gasteiger partial charge in [0.15, 0.2) is 0 Å². The molecule has 1 saturated heterocycles. The minimum Gasteiger partial charge on any atom is -0.367 e. The Morgan fingerprint density at radius 1 is 0.791 bits per heavy atom. The van der Waals surface area contributed by atoms with Crippen molar-refractivity contribution >= 4 is 27.8 Å². The maximum Gasteiger partial charge on any atom is 0.317 e. The largest absolute Gasteiger partial charge is 0.367 e. The number of piperazine rings is 1. The number of imidazole rings is 1. The number of rotatable bonds is 7. The fourth-order valence-electron chi connectivity index (χ4n) is 5.97. The summed E-state index contributed by atoms with van der Waals surface area (Å²) in [6, 6.07) is 24.6. The summed E-state index contributed by atoms with van der Waals surface area (Å²) in [6.45, 7) is 6.81. The van der Waals surface area contributed by atoms with Gasteiger partial charge in [0.2, 0.25) is 0 Å². The Labute approximate surface area is 248 Å². The zero-order valence-corrected chi connectivity index (χ0v) is 24.1. The van der Waals surface area contributed by atoms with Crippen molar-refractivity contribution in [1.82, 2.24) is 29.4 Å². The number of para-hydroxylation sites is 1. The molecule has 0 atom stereocenters. The zero-order chi connectivity index (χ0) is 29.3. The number of hydrogen-bond donors (Lipinski definition) is 2. The molecule has 216 valence electrons. The number of anilines is 1. The van der Waals surface area contributed by atoms with Crippen molar-refractivity contribution in [3.63, 3.8) is 0 Å². The first-order valence-corrected chi connectivity index (χ1v) is 14.8. The summed E-state index contributed by atoms with van der Waals surface area (Å²) in [7, 11) is 0. The van der Waals surface area contributed by atoms with Gasteiger partial charge < -0.3 is 14.9 Å². The van der Waals surface area contributed by atoms with Gasteiger partial charge in [-0.15, -0.1) is 0 Å². The van der Waals surface area contributed by atoms with E-state index in [4.69, 9.17) is 4.98 Å². The lowest BCUT2D eigenvalue weighted by molar-refractivity contribution is 0.250. The van der Waals surface area contributed by atoms with Crippen molar-refractivity contribution in [3.05, 3.63) is 123 Å². The van der Waals surface area contributed by atoms with Crippen LogP contribution in [0.5, 0.6) is 0 Å². The molecule has 0 spiro atoms. The van der Waals surface area contributed by atoms with Crippen molar-refractivity contribution in [2.75, 3.05) is 31.1 Å². The fourth-order valence-corrected chi connectivity index (χ4v) is 5.97. The summed E-state index contributed by atoms with van der Waals surface area (Å²) >= 11 is 0. The van der Waals surface area contributed by atoms with E-state index in [1.54, 1.807) is 12.4 Å². The highest BCUT2D eigenvalue weighted by atomic mass is 16.2. The van der Waals surface area contributed by atoms with Crippen LogP contribution in [-0.4, -0.2) is 55.6 Å². The Bertz CT molecular complexity index is 2020. The molecule has 0 unspecified atom stereocenters. The van der Waals surface area contributed by atoms with E-state index in [9.17, 15) is 9.59 Å². The van der Waals surface area contributed by atoms with Gasteiger partial charge in [-0.05, 0) is 53.4 Å². The molecule has 3 aromatic carbocycles. The number of hydrogen-bond acceptors (Lipinski definition) is 6. The first-order chi connectivity index (χ1) is 21.1. The van der Waals surface area contributed by atoms with Crippen molar-refractivity contribution in [3.8, 4) is 11.4 Å². The van der Waals surface area contributed by atoms with Gasteiger partial charge in [-0.2, -0.15) is 0 Å². The number of nitrogens with zero attached hydrogens (tertiary/aromatic N) is 5. The molecule has 4 heterocycles. The SMILES string of the molecule is CCc1ccc(-c2nc3c(N4CCN(Cc5ccc6c(c5)[nH]c(=O)c(=O)n6Cc5cccnc5)CC4)cccc3[nH]2)cc1. The third-order valence-corrected chi connectivity index (χ3v) is 8.35. The number of aryl methyl sites for hydroxylation is 1. The van der Waals surface area contributed by atoms with Crippen LogP contribution in [0, 0.1) is 0 Å². The Balaban J connectivity index is 1.07. The zero-order valence-electron chi connectivity index (χ0n) is 24.1. The third kappa shape index (κ3) is 5.35. The molecule has 7 rings (SSSR count). The number of aromatic nitrogens is 5. The first-order valence-electron chi connectivity index (χ1n) is 14.8. The predicted molar refractivity (Wildman–Crippen MR) is 171 cm³/mol. The molecule has 1 aliphatic heterocycles. The van der Waals surface area contributed by atoms with Gasteiger partial charge in [-0.25, -0.2) is 4.98 Å². The maximum absolute atomic E-state index is 12.7. The van der Waals surface area contributed by atoms with E-state index in [2.05, 4.69) is 74.1 Å². The second kappa shape index (κ2) is 11.3. The summed E-state index contributed by atoms with van der Waals surface area (Å²) in [6.07, 6.45) is 4.42. The normalized spacial score (nSPS) is 14.1. The second-order valence-corrected chi connectivity index (χ2v) is 11.1. The van der Waals surface area contributed by atoms with E-state index < -0.39 is 11.1 Å². The van der Waals surface area contributed by atoms with Gasteiger partial charge in [0.25, 0.3) is 0 Å². The number of benzene rings is 3. The fraction of sp³-hybridized carbons (Fsp3) is 0.235. The van der Waals surface area contributed by atoms with Gasteiger partial charge in [-0.3, -0.25) is 24.0 Å². The number of nitrogens with one attached hydrogen (secondary N) is 2. The topological polar surface area (TPSA) is 103 Å². The highest BCUT2D eigenvalue weighted by Gasteiger charge is 2.21. The molecule has 0 saturated carbocycles. The molecule has 9 nitrogen and oxygen atoms in total. The van der Waals surface area contributed by atoms with Crippen molar-refractivity contribution in [2.45, 2.75) is 26.4 Å². The molecule has 0 radical (unpaired) electrons. The highest BCUT2D eigenvalue weighted by molar-refractivity contribution is 5.91. The standard InChI is InChI=1S/C34H33N7O2/c1-2-23-8-11-26(12-9-23)32-36-27-6-3-7-30(31(27)38-32)40-17-15-39(16-18-40)21-24-10-13-29-28(19-24)37-33(42)34(43)41(29)22-25-5-4-14-35-20-25/h3-14,19-20H,2,15-18,21-22H2,1H3,(H,36,38)(H,37,42). The minimum atomic E-state index is -0.615. The lowest BCUT2D eigenvalue weighted by Crippen LogP contribution is -2.46. The average Bonchev–Trinajstić information content (AvgIpc) is 3.49. The summed E-state index contributed by atoms with van der Waals surface area (Å²) in [5.41, 5.74) is 7.76. The molecule has 0 bridgehead atoms. The molecule has 6 aromatic rings. The van der Waals surface area contributed by atoms with Gasteiger partial charge >= 0.3 is 11.1 Å². The molecule has 1 fully saturated rings. The van der Waals surface area contributed by atoms with Gasteiger partial charge in [0.05, 0.1) is 28.8 Å². The first kappa shape index (κ1) is 26.9. The monoisotopic (exact) mass is 571 g/mol. The van der Waals surface area contributed by atoms with Crippen molar-refractivity contribution in [1.29, 1.82) is 0 Å². The molecule has 9 heteroatoms. The summed E-state index contributed by atoms with van der Waals surface area (Å²) in [5.74, 6) is 0.893. The van der Waals surface area contributed by atoms with Crippen LogP contribution in [0.1, 0.15) is 23.6 Å². The lowest BCUT2D eigenvalue weighted by Gasteiger charge is -2.36. The van der Waals surface area contributed by atoms with Crippen LogP contribution >= 0.6 is 0 Å². The summed E-state index contributed by atoms with van der Waals surface area (Å²) in [5, 5.41) is 0.